The Morgan fingerprint density at radius 3 is 2.57 bits per heavy atom. The average Bonchev–Trinajstić information content (AvgIpc) is 2.36. The predicted molar refractivity (Wildman–Crippen MR) is 93.1 cm³/mol. The fraction of sp³-hybridized carbons (Fsp3) is 0.273. The summed E-state index contributed by atoms with van der Waals surface area (Å²) in [5, 5.41) is 8.08. The van der Waals surface area contributed by atoms with E-state index in [0.29, 0.717) is 0 Å². The van der Waals surface area contributed by atoms with Gasteiger partial charge >= 0.3 is 6.09 Å². The number of thiocarbonyl (C=S) groups is 1. The molecule has 0 aliphatic carbocycles. The molecule has 10 heteroatoms. The molecule has 21 heavy (non-hydrogen) atoms. The highest BCUT2D eigenvalue weighted by Gasteiger charge is 2.34. The van der Waals surface area contributed by atoms with E-state index in [4.69, 9.17) is 47.0 Å². The van der Waals surface area contributed by atoms with Gasteiger partial charge in [0.05, 0.1) is 7.11 Å². The van der Waals surface area contributed by atoms with Gasteiger partial charge in [-0.15, -0.1) is 0 Å². The molecule has 0 unspecified atom stereocenters. The van der Waals surface area contributed by atoms with Crippen LogP contribution in [0.2, 0.25) is 0 Å². The molecule has 116 valence electrons. The second-order valence-corrected chi connectivity index (χ2v) is 7.41. The molecule has 1 atom stereocenters. The summed E-state index contributed by atoms with van der Waals surface area (Å²) in [4.78, 5) is 11.2. The summed E-state index contributed by atoms with van der Waals surface area (Å²) >= 11 is 25.8. The number of benzene rings is 1. The summed E-state index contributed by atoms with van der Waals surface area (Å²) in [5.74, 6) is 0. The SMILES string of the molecule is COC(=O)N[C@H](NC(=S)Nc1cccc(Br)c1)C(Cl)(Cl)Cl. The van der Waals surface area contributed by atoms with Crippen molar-refractivity contribution in [3.05, 3.63) is 28.7 Å². The number of rotatable bonds is 3. The van der Waals surface area contributed by atoms with Crippen molar-refractivity contribution >= 4 is 79.8 Å². The molecule has 0 aromatic heterocycles. The van der Waals surface area contributed by atoms with Gasteiger partial charge in [-0.05, 0) is 30.4 Å². The first kappa shape index (κ1) is 18.6. The van der Waals surface area contributed by atoms with Crippen molar-refractivity contribution < 1.29 is 9.53 Å². The number of ether oxygens (including phenoxy) is 1. The van der Waals surface area contributed by atoms with Crippen molar-refractivity contribution in [3.8, 4) is 0 Å². The third-order valence-corrected chi connectivity index (χ3v) is 3.50. The normalized spacial score (nSPS) is 12.2. The van der Waals surface area contributed by atoms with Crippen LogP contribution in [0.4, 0.5) is 10.5 Å². The quantitative estimate of drug-likeness (QED) is 0.383. The lowest BCUT2D eigenvalue weighted by Gasteiger charge is -2.27. The fourth-order valence-electron chi connectivity index (χ4n) is 1.24. The molecule has 1 aromatic carbocycles. The number of hydrogen-bond donors (Lipinski definition) is 3. The Kier molecular flexibility index (Phi) is 7.29. The minimum Gasteiger partial charge on any atom is -0.453 e. The molecule has 5 nitrogen and oxygen atoms in total. The Bertz CT molecular complexity index is 528. The molecule has 0 bridgehead atoms. The smallest absolute Gasteiger partial charge is 0.408 e. The van der Waals surface area contributed by atoms with E-state index in [1.807, 2.05) is 18.2 Å². The third-order valence-electron chi connectivity index (χ3n) is 2.13. The van der Waals surface area contributed by atoms with Crippen molar-refractivity contribution in [2.75, 3.05) is 12.4 Å². The highest BCUT2D eigenvalue weighted by Crippen LogP contribution is 2.29. The minimum absolute atomic E-state index is 0.167. The molecular weight excluding hydrogens is 424 g/mol. The van der Waals surface area contributed by atoms with Crippen LogP contribution in [-0.2, 0) is 4.74 Å². The van der Waals surface area contributed by atoms with E-state index < -0.39 is 16.1 Å². The van der Waals surface area contributed by atoms with E-state index in [1.54, 1.807) is 6.07 Å². The van der Waals surface area contributed by atoms with Crippen molar-refractivity contribution in [2.24, 2.45) is 0 Å². The first-order valence-electron chi connectivity index (χ1n) is 5.46. The molecule has 0 aliphatic rings. The monoisotopic (exact) mass is 433 g/mol. The number of alkyl halides is 3. The first-order valence-corrected chi connectivity index (χ1v) is 7.80. The molecule has 1 aromatic rings. The summed E-state index contributed by atoms with van der Waals surface area (Å²) in [7, 11) is 1.20. The molecule has 1 amide bonds. The lowest BCUT2D eigenvalue weighted by Crippen LogP contribution is -2.56. The van der Waals surface area contributed by atoms with Crippen LogP contribution < -0.4 is 16.0 Å². The molecule has 3 N–H and O–H groups in total. The zero-order chi connectivity index (χ0) is 16.0. The van der Waals surface area contributed by atoms with Gasteiger partial charge in [0.2, 0.25) is 3.79 Å². The Hall–Kier alpha value is -0.470. The van der Waals surface area contributed by atoms with Crippen LogP contribution in [0.1, 0.15) is 0 Å². The number of anilines is 1. The molecule has 0 radical (unpaired) electrons. The second-order valence-electron chi connectivity index (χ2n) is 3.72. The van der Waals surface area contributed by atoms with E-state index in [9.17, 15) is 4.79 Å². The number of amides is 1. The van der Waals surface area contributed by atoms with Crippen LogP contribution in [0.25, 0.3) is 0 Å². The summed E-state index contributed by atoms with van der Waals surface area (Å²) < 4.78 is 3.51. The zero-order valence-corrected chi connectivity index (χ0v) is 15.3. The maximum absolute atomic E-state index is 11.2. The van der Waals surface area contributed by atoms with E-state index in [0.717, 1.165) is 10.2 Å². The Morgan fingerprint density at radius 2 is 2.05 bits per heavy atom. The Labute approximate surface area is 150 Å². The van der Waals surface area contributed by atoms with Crippen LogP contribution >= 0.6 is 63.0 Å². The van der Waals surface area contributed by atoms with Gasteiger partial charge in [-0.25, -0.2) is 4.79 Å². The summed E-state index contributed by atoms with van der Waals surface area (Å²) in [6, 6.07) is 7.31. The molecule has 1 rings (SSSR count). The van der Waals surface area contributed by atoms with Crippen LogP contribution in [0.15, 0.2) is 28.7 Å². The van der Waals surface area contributed by atoms with Gasteiger partial charge in [-0.2, -0.15) is 0 Å². The number of alkyl carbamates (subject to hydrolysis) is 1. The molecule has 0 spiro atoms. The topological polar surface area (TPSA) is 62.4 Å². The lowest BCUT2D eigenvalue weighted by atomic mass is 10.3. The first-order chi connectivity index (χ1) is 9.72. The fourth-order valence-corrected chi connectivity index (χ4v) is 2.20. The predicted octanol–water partition coefficient (Wildman–Crippen LogP) is 3.79. The van der Waals surface area contributed by atoms with E-state index in [-0.39, 0.29) is 5.11 Å². The maximum atomic E-state index is 11.2. The van der Waals surface area contributed by atoms with Crippen LogP contribution in [0.5, 0.6) is 0 Å². The van der Waals surface area contributed by atoms with Crippen molar-refractivity contribution in [3.63, 3.8) is 0 Å². The van der Waals surface area contributed by atoms with E-state index in [1.165, 1.54) is 7.11 Å². The highest BCUT2D eigenvalue weighted by molar-refractivity contribution is 9.10. The number of methoxy groups -OCH3 is 1. The van der Waals surface area contributed by atoms with E-state index in [2.05, 4.69) is 36.6 Å². The van der Waals surface area contributed by atoms with Gasteiger partial charge in [-0.3, -0.25) is 5.32 Å². The molecule has 0 heterocycles. The van der Waals surface area contributed by atoms with Crippen molar-refractivity contribution in [2.45, 2.75) is 9.96 Å². The van der Waals surface area contributed by atoms with Gasteiger partial charge in [0, 0.05) is 10.2 Å². The molecule has 0 saturated heterocycles. The molecule has 0 fully saturated rings. The molecule has 0 aliphatic heterocycles. The van der Waals surface area contributed by atoms with E-state index >= 15 is 0 Å². The maximum Gasteiger partial charge on any atom is 0.408 e. The average molecular weight is 436 g/mol. The lowest BCUT2D eigenvalue weighted by molar-refractivity contribution is 0.166. The summed E-state index contributed by atoms with van der Waals surface area (Å²) in [6.07, 6.45) is -1.83. The van der Waals surface area contributed by atoms with Crippen LogP contribution in [-0.4, -0.2) is 28.3 Å². The molecular formula is C11H11BrCl3N3O2S. The van der Waals surface area contributed by atoms with Crippen molar-refractivity contribution in [1.29, 1.82) is 0 Å². The number of halogens is 4. The number of nitrogens with one attached hydrogen (secondary N) is 3. The Balaban J connectivity index is 2.70. The number of carbonyl (C=O) groups excluding carboxylic acids is 1. The van der Waals surface area contributed by atoms with Gasteiger partial charge in [0.25, 0.3) is 0 Å². The summed E-state index contributed by atoms with van der Waals surface area (Å²) in [5.41, 5.74) is 0.725. The van der Waals surface area contributed by atoms with Crippen LogP contribution in [0.3, 0.4) is 0 Å². The van der Waals surface area contributed by atoms with Gasteiger partial charge in [0.1, 0.15) is 0 Å². The minimum atomic E-state index is -1.82. The molecule has 0 saturated carbocycles. The largest absolute Gasteiger partial charge is 0.453 e. The number of carbonyl (C=O) groups is 1. The number of hydrogen-bond acceptors (Lipinski definition) is 3. The van der Waals surface area contributed by atoms with Gasteiger partial charge in [-0.1, -0.05) is 56.8 Å². The highest BCUT2D eigenvalue weighted by atomic mass is 79.9. The second kappa shape index (κ2) is 8.24. The van der Waals surface area contributed by atoms with Gasteiger partial charge in [0.15, 0.2) is 11.3 Å². The van der Waals surface area contributed by atoms with Crippen molar-refractivity contribution in [1.82, 2.24) is 10.6 Å². The standard InChI is InChI=1S/C11H11BrCl3N3O2S/c1-20-10(19)18-8(11(13,14)15)17-9(21)16-7-4-2-3-6(12)5-7/h2-5,8H,1H3,(H,18,19)(H2,16,17,21)/t8-/m0/s1. The summed E-state index contributed by atoms with van der Waals surface area (Å²) in [6.45, 7) is 0. The van der Waals surface area contributed by atoms with Crippen LogP contribution in [0, 0.1) is 0 Å². The third kappa shape index (κ3) is 6.88. The Morgan fingerprint density at radius 1 is 1.38 bits per heavy atom. The van der Waals surface area contributed by atoms with Gasteiger partial charge < -0.3 is 15.4 Å². The zero-order valence-electron chi connectivity index (χ0n) is 10.6.